The van der Waals surface area contributed by atoms with Crippen molar-refractivity contribution in [2.45, 2.75) is 12.5 Å². The van der Waals surface area contributed by atoms with Gasteiger partial charge in [0.1, 0.15) is 5.84 Å². The van der Waals surface area contributed by atoms with Crippen molar-refractivity contribution < 1.29 is 0 Å². The van der Waals surface area contributed by atoms with Crippen molar-refractivity contribution in [3.05, 3.63) is 302 Å². The van der Waals surface area contributed by atoms with E-state index in [4.69, 9.17) is 9.98 Å². The number of aromatic nitrogens is 1. The number of amidine groups is 2. The first-order chi connectivity index (χ1) is 36.1. The molecule has 10 aromatic carbocycles. The lowest BCUT2D eigenvalue weighted by molar-refractivity contribution is 0.737. The highest BCUT2D eigenvalue weighted by Gasteiger charge is 2.27. The molecule has 0 saturated heterocycles. The van der Waals surface area contributed by atoms with E-state index in [9.17, 15) is 0 Å². The van der Waals surface area contributed by atoms with E-state index >= 15 is 0 Å². The smallest absolute Gasteiger partial charge is 0.157 e. The highest BCUT2D eigenvalue weighted by molar-refractivity contribution is 6.21. The van der Waals surface area contributed by atoms with Crippen LogP contribution in [-0.2, 0) is 0 Å². The SMILES string of the molecule is C=C/C(=C(\CC(N=C(/N=C(\NC)c1ccccc1)c1ccccc1)c1ccccc1)n1c2c(-c3ccccc3)cc(-c3ccccc3)cc2c2cc(-c3ccccc3)cc(-c3ccccc3)c21)c1ccccc1. The standard InChI is InChI=1S/C69H54N4/c1-3-59(51-32-16-6-17-33-51)65(48-64(54-38-22-9-23-39-54)71-69(56-42-26-11-27-43-56)72-68(70-2)55-40-24-10-25-41-55)73-66-60(52-34-18-7-19-35-52)44-57(49-28-12-4-13-29-49)46-62(66)63-47-58(50-30-14-5-15-31-50)45-61(67(63)73)53-36-20-8-21-37-53/h3-47,64H,1,48H2,2H3,(H,70,71,72)/b65-59-. The fourth-order valence-electron chi connectivity index (χ4n) is 10.1. The monoisotopic (exact) mass is 938 g/mol. The number of rotatable bonds is 13. The summed E-state index contributed by atoms with van der Waals surface area (Å²) in [6, 6.07) is 94.4. The fraction of sp³-hybridized carbons (Fsp3) is 0.0435. The molecule has 0 saturated carbocycles. The average Bonchev–Trinajstić information content (AvgIpc) is 3.81. The van der Waals surface area contributed by atoms with Crippen molar-refractivity contribution in [1.82, 2.24) is 9.88 Å². The van der Waals surface area contributed by atoms with Gasteiger partial charge in [-0.1, -0.05) is 255 Å². The Bertz CT molecular complexity index is 3610. The van der Waals surface area contributed by atoms with E-state index in [2.05, 4.69) is 259 Å². The lowest BCUT2D eigenvalue weighted by atomic mass is 9.93. The Morgan fingerprint density at radius 1 is 0.452 bits per heavy atom. The molecule has 1 N–H and O–H groups in total. The molecular formula is C69H54N4. The van der Waals surface area contributed by atoms with Gasteiger partial charge in [0.25, 0.3) is 0 Å². The van der Waals surface area contributed by atoms with Gasteiger partial charge >= 0.3 is 0 Å². The van der Waals surface area contributed by atoms with E-state index in [-0.39, 0.29) is 0 Å². The summed E-state index contributed by atoms with van der Waals surface area (Å²) >= 11 is 0. The minimum Gasteiger partial charge on any atom is -0.373 e. The molecule has 1 aromatic heterocycles. The number of hydrogen-bond acceptors (Lipinski definition) is 1. The van der Waals surface area contributed by atoms with Gasteiger partial charge in [0.2, 0.25) is 0 Å². The van der Waals surface area contributed by atoms with E-state index in [1.165, 1.54) is 0 Å². The molecule has 0 aliphatic heterocycles. The Morgan fingerprint density at radius 3 is 1.26 bits per heavy atom. The van der Waals surface area contributed by atoms with Gasteiger partial charge in [0.15, 0.2) is 5.84 Å². The largest absolute Gasteiger partial charge is 0.373 e. The van der Waals surface area contributed by atoms with E-state index in [0.29, 0.717) is 12.3 Å². The van der Waals surface area contributed by atoms with Gasteiger partial charge in [-0.3, -0.25) is 4.99 Å². The van der Waals surface area contributed by atoms with Gasteiger partial charge in [0, 0.05) is 57.8 Å². The summed E-state index contributed by atoms with van der Waals surface area (Å²) in [6.07, 6.45) is 2.52. The van der Waals surface area contributed by atoms with Gasteiger partial charge < -0.3 is 9.88 Å². The summed E-state index contributed by atoms with van der Waals surface area (Å²) in [5, 5.41) is 5.70. The molecular weight excluding hydrogens is 885 g/mol. The van der Waals surface area contributed by atoms with Gasteiger partial charge in [-0.05, 0) is 68.8 Å². The second-order valence-electron chi connectivity index (χ2n) is 18.1. The first kappa shape index (κ1) is 46.0. The third-order valence-electron chi connectivity index (χ3n) is 13.6. The summed E-state index contributed by atoms with van der Waals surface area (Å²) in [5.41, 5.74) is 17.4. The zero-order valence-corrected chi connectivity index (χ0v) is 40.8. The van der Waals surface area contributed by atoms with Crippen molar-refractivity contribution >= 4 is 44.7 Å². The topological polar surface area (TPSA) is 41.7 Å². The first-order valence-corrected chi connectivity index (χ1v) is 24.9. The number of aliphatic imine (C=N–C) groups is 2. The van der Waals surface area contributed by atoms with Crippen molar-refractivity contribution in [2.24, 2.45) is 9.98 Å². The van der Waals surface area contributed by atoms with Crippen LogP contribution in [0.1, 0.15) is 34.7 Å². The first-order valence-electron chi connectivity index (χ1n) is 24.9. The summed E-state index contributed by atoms with van der Waals surface area (Å²) in [5.74, 6) is 1.35. The van der Waals surface area contributed by atoms with Crippen LogP contribution in [0.25, 0.3) is 77.6 Å². The highest BCUT2D eigenvalue weighted by Crippen LogP contribution is 2.48. The number of fused-ring (bicyclic) bond motifs is 3. The molecule has 1 heterocycles. The van der Waals surface area contributed by atoms with Crippen LogP contribution in [0.3, 0.4) is 0 Å². The molecule has 1 atom stereocenters. The predicted molar refractivity (Wildman–Crippen MR) is 310 cm³/mol. The maximum Gasteiger partial charge on any atom is 0.157 e. The minimum absolute atomic E-state index is 0.414. The minimum atomic E-state index is -0.414. The van der Waals surface area contributed by atoms with E-state index in [1.807, 2.05) is 37.4 Å². The Labute approximate surface area is 428 Å². The number of nitrogens with zero attached hydrogens (tertiary/aromatic N) is 3. The zero-order valence-electron chi connectivity index (χ0n) is 40.8. The van der Waals surface area contributed by atoms with Crippen LogP contribution >= 0.6 is 0 Å². The zero-order chi connectivity index (χ0) is 49.3. The van der Waals surface area contributed by atoms with Crippen molar-refractivity contribution in [1.29, 1.82) is 0 Å². The van der Waals surface area contributed by atoms with Gasteiger partial charge in [-0.15, -0.1) is 0 Å². The summed E-state index contributed by atoms with van der Waals surface area (Å²) in [4.78, 5) is 11.2. The second-order valence-corrected chi connectivity index (χ2v) is 18.1. The normalized spacial score (nSPS) is 12.6. The fourth-order valence-corrected chi connectivity index (χ4v) is 10.1. The maximum atomic E-state index is 5.83. The summed E-state index contributed by atoms with van der Waals surface area (Å²) < 4.78 is 2.57. The summed E-state index contributed by atoms with van der Waals surface area (Å²) in [7, 11) is 1.92. The van der Waals surface area contributed by atoms with Crippen LogP contribution < -0.4 is 5.32 Å². The van der Waals surface area contributed by atoms with Crippen LogP contribution in [0.5, 0.6) is 0 Å². The molecule has 4 nitrogen and oxygen atoms in total. The highest BCUT2D eigenvalue weighted by atomic mass is 15.0. The second kappa shape index (κ2) is 21.3. The molecule has 350 valence electrons. The Morgan fingerprint density at radius 2 is 0.836 bits per heavy atom. The molecule has 0 spiro atoms. The molecule has 1 unspecified atom stereocenters. The quantitative estimate of drug-likeness (QED) is 0.0698. The molecule has 0 bridgehead atoms. The molecule has 0 fully saturated rings. The lowest BCUT2D eigenvalue weighted by Gasteiger charge is -2.24. The van der Waals surface area contributed by atoms with E-state index < -0.39 is 6.04 Å². The average molecular weight is 939 g/mol. The molecule has 0 amide bonds. The van der Waals surface area contributed by atoms with Crippen LogP contribution in [0.2, 0.25) is 0 Å². The number of nitrogens with one attached hydrogen (secondary N) is 1. The van der Waals surface area contributed by atoms with Gasteiger partial charge in [0.05, 0.1) is 17.1 Å². The van der Waals surface area contributed by atoms with Crippen molar-refractivity contribution in [3.63, 3.8) is 0 Å². The number of hydrogen-bond donors (Lipinski definition) is 1. The van der Waals surface area contributed by atoms with E-state index in [1.54, 1.807) is 0 Å². The number of benzene rings is 10. The third kappa shape index (κ3) is 9.63. The Hall–Kier alpha value is -9.38. The summed E-state index contributed by atoms with van der Waals surface area (Å²) in [6.45, 7) is 4.63. The van der Waals surface area contributed by atoms with Gasteiger partial charge in [-0.2, -0.15) is 0 Å². The lowest BCUT2D eigenvalue weighted by Crippen LogP contribution is -2.21. The molecule has 0 aliphatic rings. The van der Waals surface area contributed by atoms with Crippen molar-refractivity contribution in [2.75, 3.05) is 7.05 Å². The predicted octanol–water partition coefficient (Wildman–Crippen LogP) is 17.3. The van der Waals surface area contributed by atoms with E-state index in [0.717, 1.165) is 106 Å². The molecule has 0 aliphatic carbocycles. The maximum absolute atomic E-state index is 5.83. The van der Waals surface area contributed by atoms with Gasteiger partial charge in [-0.25, -0.2) is 4.99 Å². The van der Waals surface area contributed by atoms with Crippen molar-refractivity contribution in [3.8, 4) is 44.5 Å². The Balaban J connectivity index is 1.30. The molecule has 0 radical (unpaired) electrons. The van der Waals surface area contributed by atoms with Crippen LogP contribution in [0, 0.1) is 0 Å². The Kier molecular flexibility index (Phi) is 13.4. The molecule has 11 rings (SSSR count). The van der Waals surface area contributed by atoms with Crippen LogP contribution in [0.15, 0.2) is 290 Å². The van der Waals surface area contributed by atoms with Crippen LogP contribution in [0.4, 0.5) is 0 Å². The molecule has 73 heavy (non-hydrogen) atoms. The third-order valence-corrected chi connectivity index (χ3v) is 13.6. The molecule has 11 aromatic rings. The number of allylic oxidation sites excluding steroid dienone is 2. The molecule has 4 heteroatoms. The van der Waals surface area contributed by atoms with Crippen LogP contribution in [-0.4, -0.2) is 23.3 Å².